The lowest BCUT2D eigenvalue weighted by Crippen LogP contribution is -2.20. The van der Waals surface area contributed by atoms with Crippen molar-refractivity contribution in [3.63, 3.8) is 0 Å². The van der Waals surface area contributed by atoms with Gasteiger partial charge in [0.15, 0.2) is 0 Å². The molecule has 1 atom stereocenters. The van der Waals surface area contributed by atoms with Gasteiger partial charge < -0.3 is 14.6 Å². The van der Waals surface area contributed by atoms with Gasteiger partial charge in [0.25, 0.3) is 0 Å². The van der Waals surface area contributed by atoms with Crippen molar-refractivity contribution in [2.24, 2.45) is 0 Å². The van der Waals surface area contributed by atoms with E-state index in [2.05, 4.69) is 53.2 Å². The number of para-hydroxylation sites is 1. The molecule has 4 aromatic rings. The summed E-state index contributed by atoms with van der Waals surface area (Å²) in [7, 11) is 0. The first-order valence-electron chi connectivity index (χ1n) is 10.2. The highest BCUT2D eigenvalue weighted by atomic mass is 35.5. The summed E-state index contributed by atoms with van der Waals surface area (Å²) in [6, 6.07) is 18.1. The molecule has 0 bridgehead atoms. The van der Waals surface area contributed by atoms with Crippen LogP contribution in [0.1, 0.15) is 24.0 Å². The molecule has 154 valence electrons. The van der Waals surface area contributed by atoms with Crippen molar-refractivity contribution >= 4 is 56.7 Å². The Balaban J connectivity index is 1.76. The molecule has 2 aliphatic heterocycles. The van der Waals surface area contributed by atoms with Gasteiger partial charge in [-0.3, -0.25) is 0 Å². The number of rotatable bonds is 2. The molecule has 3 aromatic carbocycles. The number of ether oxygens (including phenoxy) is 1. The number of hydrogen-bond acceptors (Lipinski definition) is 3. The maximum atomic E-state index is 12.8. The van der Waals surface area contributed by atoms with Crippen LogP contribution in [0.2, 0.25) is 10.0 Å². The molecule has 3 heterocycles. The van der Waals surface area contributed by atoms with E-state index in [4.69, 9.17) is 27.9 Å². The van der Waals surface area contributed by atoms with E-state index in [0.717, 1.165) is 45.3 Å². The highest BCUT2D eigenvalue weighted by molar-refractivity contribution is 6.35. The summed E-state index contributed by atoms with van der Waals surface area (Å²) in [5, 5.41) is 6.84. The monoisotopic (exact) mass is 448 g/mol. The van der Waals surface area contributed by atoms with Gasteiger partial charge in [0.1, 0.15) is 6.61 Å². The predicted molar refractivity (Wildman–Crippen MR) is 125 cm³/mol. The van der Waals surface area contributed by atoms with Gasteiger partial charge in [-0.2, -0.15) is 0 Å². The molecule has 0 saturated carbocycles. The summed E-state index contributed by atoms with van der Waals surface area (Å²) in [5.41, 5.74) is 6.59. The molecule has 0 spiro atoms. The minimum Gasteiger partial charge on any atom is -0.456 e. The zero-order valence-corrected chi connectivity index (χ0v) is 18.2. The summed E-state index contributed by atoms with van der Waals surface area (Å²) in [6.45, 7) is 3.23. The van der Waals surface area contributed by atoms with Gasteiger partial charge in [-0.25, -0.2) is 4.79 Å². The second kappa shape index (κ2) is 6.78. The lowest BCUT2D eigenvalue weighted by Gasteiger charge is -2.29. The lowest BCUT2D eigenvalue weighted by molar-refractivity contribution is -0.136. The van der Waals surface area contributed by atoms with E-state index in [9.17, 15) is 4.79 Å². The van der Waals surface area contributed by atoms with Crippen molar-refractivity contribution in [1.29, 1.82) is 0 Å². The average molecular weight is 449 g/mol. The molecule has 6 heteroatoms. The number of halogens is 2. The standard InChI is InChI=1S/C25H18Cl2N2O2/c1-2-29-19-6-4-3-5-15(19)21-20(29)10-9-17-23(21)22(14-8-7-13(26)11-16(14)27)24-18(28-17)12-31-25(24)30/h3-11,22,28H,2,12H2,1H3. The second-order valence-corrected chi connectivity index (χ2v) is 8.72. The fourth-order valence-electron chi connectivity index (χ4n) is 5.08. The van der Waals surface area contributed by atoms with E-state index in [1.807, 2.05) is 12.1 Å². The first-order valence-corrected chi connectivity index (χ1v) is 11.0. The van der Waals surface area contributed by atoms with Gasteiger partial charge in [0, 0.05) is 50.0 Å². The summed E-state index contributed by atoms with van der Waals surface area (Å²) in [4.78, 5) is 12.8. The van der Waals surface area contributed by atoms with Gasteiger partial charge in [-0.1, -0.05) is 47.5 Å². The highest BCUT2D eigenvalue weighted by Crippen LogP contribution is 2.50. The number of benzene rings is 3. The minimum absolute atomic E-state index is 0.240. The van der Waals surface area contributed by atoms with E-state index in [0.29, 0.717) is 15.6 Å². The van der Waals surface area contributed by atoms with Gasteiger partial charge in [-0.05, 0) is 48.4 Å². The number of hydrogen-bond donors (Lipinski definition) is 1. The third-order valence-corrected chi connectivity index (χ3v) is 6.89. The SMILES string of the molecule is CCn1c2ccccc2c2c3c(ccc21)NC1=C(C(=O)OC1)C3c1ccc(Cl)cc1Cl. The van der Waals surface area contributed by atoms with E-state index < -0.39 is 0 Å². The molecule has 0 saturated heterocycles. The van der Waals surface area contributed by atoms with E-state index in [1.165, 1.54) is 5.52 Å². The van der Waals surface area contributed by atoms with Crippen LogP contribution < -0.4 is 5.32 Å². The quantitative estimate of drug-likeness (QED) is 0.356. The zero-order valence-electron chi connectivity index (χ0n) is 16.7. The molecule has 0 radical (unpaired) electrons. The van der Waals surface area contributed by atoms with Gasteiger partial charge in [0.05, 0.1) is 11.3 Å². The maximum Gasteiger partial charge on any atom is 0.337 e. The van der Waals surface area contributed by atoms with E-state index in [1.54, 1.807) is 6.07 Å². The molecule has 2 aliphatic rings. The molecule has 1 unspecified atom stereocenters. The first-order chi connectivity index (χ1) is 15.1. The van der Waals surface area contributed by atoms with Crippen LogP contribution in [0.25, 0.3) is 21.8 Å². The number of nitrogens with zero attached hydrogens (tertiary/aromatic N) is 1. The van der Waals surface area contributed by atoms with Crippen LogP contribution in [-0.2, 0) is 16.1 Å². The molecule has 1 aromatic heterocycles. The van der Waals surface area contributed by atoms with E-state index in [-0.39, 0.29) is 18.5 Å². The maximum absolute atomic E-state index is 12.8. The molecule has 0 aliphatic carbocycles. The Morgan fingerprint density at radius 3 is 2.74 bits per heavy atom. The summed E-state index contributed by atoms with van der Waals surface area (Å²) >= 11 is 12.9. The number of esters is 1. The number of cyclic esters (lactones) is 1. The molecule has 0 amide bonds. The normalized spacial score (nSPS) is 17.6. The summed E-state index contributed by atoms with van der Waals surface area (Å²) < 4.78 is 7.73. The number of nitrogens with one attached hydrogen (secondary N) is 1. The van der Waals surface area contributed by atoms with Crippen molar-refractivity contribution in [3.05, 3.63) is 87.0 Å². The third kappa shape index (κ3) is 2.58. The Morgan fingerprint density at radius 2 is 1.94 bits per heavy atom. The van der Waals surface area contributed by atoms with Crippen LogP contribution in [-0.4, -0.2) is 17.1 Å². The third-order valence-electron chi connectivity index (χ3n) is 6.32. The number of aromatic nitrogens is 1. The van der Waals surface area contributed by atoms with Crippen LogP contribution in [0.5, 0.6) is 0 Å². The number of anilines is 1. The van der Waals surface area contributed by atoms with Crippen molar-refractivity contribution in [1.82, 2.24) is 4.57 Å². The van der Waals surface area contributed by atoms with Crippen molar-refractivity contribution in [3.8, 4) is 0 Å². The van der Waals surface area contributed by atoms with Crippen molar-refractivity contribution < 1.29 is 9.53 Å². The van der Waals surface area contributed by atoms with Crippen molar-refractivity contribution in [2.45, 2.75) is 19.4 Å². The molecule has 0 fully saturated rings. The summed E-state index contributed by atoms with van der Waals surface area (Å²) in [6.07, 6.45) is 0. The Kier molecular flexibility index (Phi) is 4.11. The number of carbonyl (C=O) groups excluding carboxylic acids is 1. The Hall–Kier alpha value is -2.95. The van der Waals surface area contributed by atoms with Gasteiger partial charge in [0.2, 0.25) is 0 Å². The van der Waals surface area contributed by atoms with Crippen LogP contribution in [0.3, 0.4) is 0 Å². The van der Waals surface area contributed by atoms with Crippen LogP contribution in [0.4, 0.5) is 5.69 Å². The van der Waals surface area contributed by atoms with Gasteiger partial charge in [-0.15, -0.1) is 0 Å². The van der Waals surface area contributed by atoms with E-state index >= 15 is 0 Å². The first kappa shape index (κ1) is 18.8. The molecular weight excluding hydrogens is 431 g/mol. The average Bonchev–Trinajstić information content (AvgIpc) is 3.30. The molecule has 1 N–H and O–H groups in total. The fraction of sp³-hybridized carbons (Fsp3) is 0.160. The predicted octanol–water partition coefficient (Wildman–Crippen LogP) is 6.49. The summed E-state index contributed by atoms with van der Waals surface area (Å²) in [5.74, 6) is -0.647. The van der Waals surface area contributed by atoms with Gasteiger partial charge >= 0.3 is 5.97 Å². The molecular formula is C25H18Cl2N2O2. The van der Waals surface area contributed by atoms with Crippen molar-refractivity contribution in [2.75, 3.05) is 11.9 Å². The Bertz CT molecular complexity index is 1450. The minimum atomic E-state index is -0.342. The Labute approximate surface area is 189 Å². The Morgan fingerprint density at radius 1 is 1.10 bits per heavy atom. The number of carbonyl (C=O) groups is 1. The topological polar surface area (TPSA) is 43.3 Å². The largest absolute Gasteiger partial charge is 0.456 e. The molecule has 4 nitrogen and oxygen atoms in total. The van der Waals surface area contributed by atoms with Crippen LogP contribution in [0.15, 0.2) is 65.9 Å². The number of fused-ring (bicyclic) bond motifs is 5. The molecule has 31 heavy (non-hydrogen) atoms. The highest BCUT2D eigenvalue weighted by Gasteiger charge is 2.40. The lowest BCUT2D eigenvalue weighted by atomic mass is 9.79. The number of aryl methyl sites for hydroxylation is 1. The van der Waals surface area contributed by atoms with Crippen LogP contribution >= 0.6 is 23.2 Å². The smallest absolute Gasteiger partial charge is 0.337 e. The zero-order chi connectivity index (χ0) is 21.3. The van der Waals surface area contributed by atoms with Crippen LogP contribution in [0, 0.1) is 0 Å². The molecule has 6 rings (SSSR count). The second-order valence-electron chi connectivity index (χ2n) is 7.87. The fourth-order valence-corrected chi connectivity index (χ4v) is 5.60.